The van der Waals surface area contributed by atoms with E-state index in [2.05, 4.69) is 15.1 Å². The monoisotopic (exact) mass is 462 g/mol. The fourth-order valence-corrected chi connectivity index (χ4v) is 3.41. The summed E-state index contributed by atoms with van der Waals surface area (Å²) in [6.07, 6.45) is 0.204. The molecule has 2 aromatic carbocycles. The topological polar surface area (TPSA) is 66.0 Å². The molecule has 2 heterocycles. The summed E-state index contributed by atoms with van der Waals surface area (Å²) in [5.41, 5.74) is 0.660. The van der Waals surface area contributed by atoms with Crippen LogP contribution >= 0.6 is 11.6 Å². The normalized spacial score (nSPS) is 11.8. The second-order valence-electron chi connectivity index (χ2n) is 7.35. The number of ether oxygens (including phenoxy) is 1. The predicted molar refractivity (Wildman–Crippen MR) is 112 cm³/mol. The lowest BCUT2D eigenvalue weighted by Crippen LogP contribution is -2.13. The molecule has 10 heteroatoms. The Labute approximate surface area is 186 Å². The Hall–Kier alpha value is -3.33. The van der Waals surface area contributed by atoms with E-state index in [0.29, 0.717) is 17.1 Å². The molecule has 0 fully saturated rings. The molecule has 0 aliphatic rings. The first-order valence-corrected chi connectivity index (χ1v) is 10.0. The van der Waals surface area contributed by atoms with E-state index in [0.717, 1.165) is 11.6 Å². The van der Waals surface area contributed by atoms with Crippen LogP contribution in [0.15, 0.2) is 59.6 Å². The molecule has 2 aromatic heterocycles. The molecule has 0 aliphatic carbocycles. The van der Waals surface area contributed by atoms with Crippen LogP contribution < -0.4 is 4.74 Å². The molecular formula is C22H18ClF3N4O2. The lowest BCUT2D eigenvalue weighted by molar-refractivity contribution is -0.139. The first-order chi connectivity index (χ1) is 15.2. The molecule has 166 valence electrons. The molecule has 0 aliphatic heterocycles. The number of nitrogens with zero attached hydrogens (tertiary/aromatic N) is 4. The molecule has 0 saturated carbocycles. The molecule has 0 saturated heterocycles. The number of benzene rings is 2. The van der Waals surface area contributed by atoms with E-state index in [9.17, 15) is 13.2 Å². The number of halogens is 4. The van der Waals surface area contributed by atoms with Gasteiger partial charge in [0.25, 0.3) is 5.89 Å². The Morgan fingerprint density at radius 2 is 1.97 bits per heavy atom. The number of hydrogen-bond acceptors (Lipinski definition) is 5. The molecule has 32 heavy (non-hydrogen) atoms. The second kappa shape index (κ2) is 8.66. The van der Waals surface area contributed by atoms with E-state index in [-0.39, 0.29) is 23.0 Å². The van der Waals surface area contributed by atoms with Gasteiger partial charge in [-0.1, -0.05) is 22.8 Å². The predicted octanol–water partition coefficient (Wildman–Crippen LogP) is 6.11. The Balaban J connectivity index is 1.62. The molecule has 4 rings (SSSR count). The molecule has 0 amide bonds. The van der Waals surface area contributed by atoms with Crippen molar-refractivity contribution in [1.82, 2.24) is 19.7 Å². The third kappa shape index (κ3) is 4.77. The van der Waals surface area contributed by atoms with Gasteiger partial charge in [-0.2, -0.15) is 18.2 Å². The average Bonchev–Trinajstić information content (AvgIpc) is 3.39. The third-order valence-electron chi connectivity index (χ3n) is 4.52. The largest absolute Gasteiger partial charge is 0.490 e. The van der Waals surface area contributed by atoms with Gasteiger partial charge in [0, 0.05) is 30.1 Å². The molecule has 0 spiro atoms. The fourth-order valence-electron chi connectivity index (χ4n) is 3.12. The van der Waals surface area contributed by atoms with Gasteiger partial charge in [0.2, 0.25) is 5.82 Å². The van der Waals surface area contributed by atoms with Gasteiger partial charge in [-0.3, -0.25) is 0 Å². The van der Waals surface area contributed by atoms with Crippen LogP contribution in [0.5, 0.6) is 5.75 Å². The van der Waals surface area contributed by atoms with Crippen LogP contribution in [-0.2, 0) is 12.7 Å². The average molecular weight is 463 g/mol. The number of alkyl halides is 3. The zero-order valence-corrected chi connectivity index (χ0v) is 17.9. The van der Waals surface area contributed by atoms with Gasteiger partial charge in [0.15, 0.2) is 0 Å². The molecule has 6 nitrogen and oxygen atoms in total. The van der Waals surface area contributed by atoms with Crippen LogP contribution in [0.3, 0.4) is 0 Å². The van der Waals surface area contributed by atoms with Crippen molar-refractivity contribution in [3.63, 3.8) is 0 Å². The summed E-state index contributed by atoms with van der Waals surface area (Å²) < 4.78 is 53.0. The number of imidazole rings is 1. The van der Waals surface area contributed by atoms with Crippen molar-refractivity contribution in [3.05, 3.63) is 71.3 Å². The maximum Gasteiger partial charge on any atom is 0.419 e. The van der Waals surface area contributed by atoms with Gasteiger partial charge in [-0.25, -0.2) is 4.98 Å². The van der Waals surface area contributed by atoms with Crippen LogP contribution in [0.4, 0.5) is 13.2 Å². The van der Waals surface area contributed by atoms with Crippen molar-refractivity contribution in [2.75, 3.05) is 0 Å². The van der Waals surface area contributed by atoms with E-state index in [1.807, 2.05) is 16.8 Å². The highest BCUT2D eigenvalue weighted by molar-refractivity contribution is 6.33. The smallest absolute Gasteiger partial charge is 0.419 e. The Morgan fingerprint density at radius 3 is 2.62 bits per heavy atom. The van der Waals surface area contributed by atoms with E-state index >= 15 is 0 Å². The summed E-state index contributed by atoms with van der Waals surface area (Å²) in [6.45, 7) is 3.90. The molecule has 0 radical (unpaired) electrons. The number of aromatic nitrogens is 4. The number of hydrogen-bond donors (Lipinski definition) is 0. The van der Waals surface area contributed by atoms with Crippen molar-refractivity contribution >= 4 is 11.6 Å². The van der Waals surface area contributed by atoms with E-state index < -0.39 is 17.8 Å². The van der Waals surface area contributed by atoms with Crippen LogP contribution in [0.1, 0.15) is 25.0 Å². The van der Waals surface area contributed by atoms with Crippen molar-refractivity contribution in [2.45, 2.75) is 32.7 Å². The third-order valence-corrected chi connectivity index (χ3v) is 4.83. The maximum atomic E-state index is 13.5. The molecule has 0 unspecified atom stereocenters. The minimum atomic E-state index is -4.60. The standard InChI is InChI=1S/C22H18ClF3N4O2/c1-13(2)31-19-6-4-15(10-17(19)22(24,25)26)21-28-20(29-32-21)16-5-3-14(9-18(16)23)11-30-8-7-27-12-30/h3-10,12-13H,11H2,1-2H3. The highest BCUT2D eigenvalue weighted by atomic mass is 35.5. The SMILES string of the molecule is CC(C)Oc1ccc(-c2nc(-c3ccc(Cn4ccnc4)cc3Cl)no2)cc1C(F)(F)F. The summed E-state index contributed by atoms with van der Waals surface area (Å²) in [5.74, 6) is -0.136. The Kier molecular flexibility index (Phi) is 5.92. The van der Waals surface area contributed by atoms with Crippen molar-refractivity contribution < 1.29 is 22.4 Å². The summed E-state index contributed by atoms with van der Waals surface area (Å²) in [4.78, 5) is 8.24. The van der Waals surface area contributed by atoms with Gasteiger partial charge in [-0.15, -0.1) is 0 Å². The van der Waals surface area contributed by atoms with E-state index in [1.54, 1.807) is 38.5 Å². The zero-order chi connectivity index (χ0) is 22.9. The minimum Gasteiger partial charge on any atom is -0.490 e. The van der Waals surface area contributed by atoms with Crippen LogP contribution in [0.2, 0.25) is 5.02 Å². The Morgan fingerprint density at radius 1 is 1.16 bits per heavy atom. The summed E-state index contributed by atoms with van der Waals surface area (Å²) in [6, 6.07) is 9.00. The summed E-state index contributed by atoms with van der Waals surface area (Å²) >= 11 is 6.40. The van der Waals surface area contributed by atoms with Gasteiger partial charge >= 0.3 is 6.18 Å². The maximum absolute atomic E-state index is 13.5. The second-order valence-corrected chi connectivity index (χ2v) is 7.75. The lowest BCUT2D eigenvalue weighted by atomic mass is 10.1. The van der Waals surface area contributed by atoms with Gasteiger partial charge in [0.1, 0.15) is 5.75 Å². The Bertz CT molecular complexity index is 1220. The fraction of sp³-hybridized carbons (Fsp3) is 0.227. The van der Waals surface area contributed by atoms with E-state index in [4.69, 9.17) is 20.9 Å². The molecular weight excluding hydrogens is 445 g/mol. The summed E-state index contributed by atoms with van der Waals surface area (Å²) in [5, 5.41) is 4.29. The number of rotatable bonds is 6. The van der Waals surface area contributed by atoms with Crippen LogP contribution in [0, 0.1) is 0 Å². The van der Waals surface area contributed by atoms with Crippen molar-refractivity contribution in [2.24, 2.45) is 0 Å². The first-order valence-electron chi connectivity index (χ1n) is 9.67. The zero-order valence-electron chi connectivity index (χ0n) is 17.1. The molecule has 4 aromatic rings. The highest BCUT2D eigenvalue weighted by Gasteiger charge is 2.35. The first kappa shape index (κ1) is 21.9. The minimum absolute atomic E-state index is 0.0554. The van der Waals surface area contributed by atoms with Crippen LogP contribution in [-0.4, -0.2) is 25.8 Å². The highest BCUT2D eigenvalue weighted by Crippen LogP contribution is 2.39. The summed E-state index contributed by atoms with van der Waals surface area (Å²) in [7, 11) is 0. The van der Waals surface area contributed by atoms with Crippen molar-refractivity contribution in [1.29, 1.82) is 0 Å². The quantitative estimate of drug-likeness (QED) is 0.346. The molecule has 0 N–H and O–H groups in total. The molecule has 0 bridgehead atoms. The molecule has 0 atom stereocenters. The van der Waals surface area contributed by atoms with Crippen molar-refractivity contribution in [3.8, 4) is 28.6 Å². The van der Waals surface area contributed by atoms with Gasteiger partial charge in [-0.05, 0) is 49.7 Å². The van der Waals surface area contributed by atoms with Gasteiger partial charge in [0.05, 0.1) is 23.0 Å². The van der Waals surface area contributed by atoms with E-state index in [1.165, 1.54) is 12.1 Å². The lowest BCUT2D eigenvalue weighted by Gasteiger charge is -2.16. The van der Waals surface area contributed by atoms with Crippen LogP contribution in [0.25, 0.3) is 22.8 Å². The van der Waals surface area contributed by atoms with Gasteiger partial charge < -0.3 is 13.8 Å².